The zero-order valence-corrected chi connectivity index (χ0v) is 10.1. The first-order valence-electron chi connectivity index (χ1n) is 6.31. The molecule has 0 bridgehead atoms. The summed E-state index contributed by atoms with van der Waals surface area (Å²) in [6.07, 6.45) is 6.44. The third-order valence-corrected chi connectivity index (χ3v) is 3.18. The number of nitrogens with zero attached hydrogens (tertiary/aromatic N) is 3. The number of hydrogen-bond acceptors (Lipinski definition) is 3. The monoisotopic (exact) mass is 222 g/mol. The van der Waals surface area contributed by atoms with E-state index in [0.717, 1.165) is 19.6 Å². The smallest absolute Gasteiger partial charge is 0.0536 e. The molecule has 0 aromatic carbocycles. The first kappa shape index (κ1) is 11.6. The van der Waals surface area contributed by atoms with Gasteiger partial charge in [-0.2, -0.15) is 5.10 Å². The Morgan fingerprint density at radius 1 is 1.44 bits per heavy atom. The molecule has 1 aromatic rings. The van der Waals surface area contributed by atoms with Gasteiger partial charge in [-0.15, -0.1) is 0 Å². The van der Waals surface area contributed by atoms with Gasteiger partial charge in [-0.1, -0.05) is 13.3 Å². The molecule has 0 amide bonds. The van der Waals surface area contributed by atoms with E-state index >= 15 is 0 Å². The SMILES string of the molecule is CCCC1CN(CCn2cccn2)CCN1. The lowest BCUT2D eigenvalue weighted by Crippen LogP contribution is -2.51. The molecule has 0 radical (unpaired) electrons. The highest BCUT2D eigenvalue weighted by atomic mass is 15.3. The van der Waals surface area contributed by atoms with Gasteiger partial charge in [-0.05, 0) is 12.5 Å². The zero-order valence-electron chi connectivity index (χ0n) is 10.1. The number of rotatable bonds is 5. The lowest BCUT2D eigenvalue weighted by molar-refractivity contribution is 0.186. The highest BCUT2D eigenvalue weighted by Gasteiger charge is 2.17. The van der Waals surface area contributed by atoms with Crippen molar-refractivity contribution in [3.8, 4) is 0 Å². The summed E-state index contributed by atoms with van der Waals surface area (Å²) in [6.45, 7) is 7.86. The number of piperazine rings is 1. The summed E-state index contributed by atoms with van der Waals surface area (Å²) in [5, 5.41) is 7.81. The van der Waals surface area contributed by atoms with Crippen LogP contribution in [-0.4, -0.2) is 46.9 Å². The summed E-state index contributed by atoms with van der Waals surface area (Å²) < 4.78 is 2.01. The van der Waals surface area contributed by atoms with Crippen molar-refractivity contribution in [3.63, 3.8) is 0 Å². The normalized spacial score (nSPS) is 22.4. The minimum Gasteiger partial charge on any atom is -0.311 e. The second-order valence-electron chi connectivity index (χ2n) is 4.51. The standard InChI is InChI=1S/C12H22N4/c1-2-4-12-11-15(8-6-13-12)9-10-16-7-3-5-14-16/h3,5,7,12-13H,2,4,6,8-11H2,1H3. The second kappa shape index (κ2) is 6.01. The molecule has 2 heterocycles. The van der Waals surface area contributed by atoms with E-state index in [2.05, 4.69) is 22.2 Å². The maximum absolute atomic E-state index is 4.23. The van der Waals surface area contributed by atoms with Crippen LogP contribution in [0.15, 0.2) is 18.5 Å². The van der Waals surface area contributed by atoms with E-state index in [0.29, 0.717) is 6.04 Å². The average molecular weight is 222 g/mol. The van der Waals surface area contributed by atoms with Crippen molar-refractivity contribution in [3.05, 3.63) is 18.5 Å². The molecule has 1 N–H and O–H groups in total. The van der Waals surface area contributed by atoms with Crippen LogP contribution in [0.5, 0.6) is 0 Å². The van der Waals surface area contributed by atoms with Crippen LogP contribution in [0.2, 0.25) is 0 Å². The van der Waals surface area contributed by atoms with E-state index in [4.69, 9.17) is 0 Å². The van der Waals surface area contributed by atoms with Crippen molar-refractivity contribution in [1.82, 2.24) is 20.0 Å². The number of aromatic nitrogens is 2. The fourth-order valence-corrected chi connectivity index (χ4v) is 2.32. The third kappa shape index (κ3) is 3.32. The molecule has 4 heteroatoms. The van der Waals surface area contributed by atoms with Gasteiger partial charge < -0.3 is 5.32 Å². The van der Waals surface area contributed by atoms with Crippen molar-refractivity contribution >= 4 is 0 Å². The number of hydrogen-bond donors (Lipinski definition) is 1. The van der Waals surface area contributed by atoms with Crippen molar-refractivity contribution in [2.24, 2.45) is 0 Å². The van der Waals surface area contributed by atoms with Gasteiger partial charge in [0.15, 0.2) is 0 Å². The summed E-state index contributed by atoms with van der Waals surface area (Å²) in [4.78, 5) is 2.54. The highest BCUT2D eigenvalue weighted by Crippen LogP contribution is 2.04. The summed E-state index contributed by atoms with van der Waals surface area (Å²) in [6, 6.07) is 2.67. The van der Waals surface area contributed by atoms with Crippen molar-refractivity contribution in [2.45, 2.75) is 32.4 Å². The molecular formula is C12H22N4. The maximum atomic E-state index is 4.23. The Bertz CT molecular complexity index is 281. The summed E-state index contributed by atoms with van der Waals surface area (Å²) in [5.74, 6) is 0. The predicted molar refractivity (Wildman–Crippen MR) is 65.4 cm³/mol. The van der Waals surface area contributed by atoms with E-state index in [1.54, 1.807) is 0 Å². The van der Waals surface area contributed by atoms with Crippen LogP contribution in [0.3, 0.4) is 0 Å². The largest absolute Gasteiger partial charge is 0.311 e. The van der Waals surface area contributed by atoms with E-state index < -0.39 is 0 Å². The molecule has 16 heavy (non-hydrogen) atoms. The molecule has 0 aliphatic carbocycles. The Balaban J connectivity index is 1.72. The van der Waals surface area contributed by atoms with Gasteiger partial charge in [-0.25, -0.2) is 0 Å². The lowest BCUT2D eigenvalue weighted by atomic mass is 10.1. The Hall–Kier alpha value is -0.870. The van der Waals surface area contributed by atoms with Crippen LogP contribution in [0.1, 0.15) is 19.8 Å². The summed E-state index contributed by atoms with van der Waals surface area (Å²) in [7, 11) is 0. The van der Waals surface area contributed by atoms with Gasteiger partial charge in [0, 0.05) is 44.6 Å². The van der Waals surface area contributed by atoms with Crippen LogP contribution < -0.4 is 5.32 Å². The Kier molecular flexibility index (Phi) is 4.36. The minimum atomic E-state index is 0.691. The first-order valence-corrected chi connectivity index (χ1v) is 6.31. The van der Waals surface area contributed by atoms with Crippen molar-refractivity contribution in [1.29, 1.82) is 0 Å². The van der Waals surface area contributed by atoms with Gasteiger partial charge >= 0.3 is 0 Å². The highest BCUT2D eigenvalue weighted by molar-refractivity contribution is 4.80. The average Bonchev–Trinajstić information content (AvgIpc) is 2.80. The molecule has 90 valence electrons. The fourth-order valence-electron chi connectivity index (χ4n) is 2.32. The van der Waals surface area contributed by atoms with E-state index in [9.17, 15) is 0 Å². The molecular weight excluding hydrogens is 200 g/mol. The van der Waals surface area contributed by atoms with Crippen LogP contribution in [-0.2, 0) is 6.54 Å². The van der Waals surface area contributed by atoms with Crippen LogP contribution in [0.4, 0.5) is 0 Å². The Morgan fingerprint density at radius 2 is 2.38 bits per heavy atom. The molecule has 2 rings (SSSR count). The quantitative estimate of drug-likeness (QED) is 0.805. The minimum absolute atomic E-state index is 0.691. The molecule has 4 nitrogen and oxygen atoms in total. The van der Waals surface area contributed by atoms with Crippen LogP contribution >= 0.6 is 0 Å². The molecule has 1 atom stereocenters. The second-order valence-corrected chi connectivity index (χ2v) is 4.51. The molecule has 1 aliphatic rings. The molecule has 1 fully saturated rings. The fraction of sp³-hybridized carbons (Fsp3) is 0.750. The molecule has 0 saturated carbocycles. The Labute approximate surface area is 97.6 Å². The molecule has 1 unspecified atom stereocenters. The summed E-state index contributed by atoms with van der Waals surface area (Å²) in [5.41, 5.74) is 0. The summed E-state index contributed by atoms with van der Waals surface area (Å²) >= 11 is 0. The molecule has 1 aliphatic heterocycles. The predicted octanol–water partition coefficient (Wildman–Crippen LogP) is 0.957. The van der Waals surface area contributed by atoms with Gasteiger partial charge in [0.25, 0.3) is 0 Å². The maximum Gasteiger partial charge on any atom is 0.0536 e. The van der Waals surface area contributed by atoms with Crippen LogP contribution in [0.25, 0.3) is 0 Å². The van der Waals surface area contributed by atoms with Gasteiger partial charge in [0.05, 0.1) is 6.54 Å². The molecule has 1 aromatic heterocycles. The van der Waals surface area contributed by atoms with Gasteiger partial charge in [-0.3, -0.25) is 9.58 Å². The molecule has 0 spiro atoms. The van der Waals surface area contributed by atoms with Crippen LogP contribution in [0, 0.1) is 0 Å². The zero-order chi connectivity index (χ0) is 11.2. The van der Waals surface area contributed by atoms with E-state index in [-0.39, 0.29) is 0 Å². The van der Waals surface area contributed by atoms with E-state index in [1.807, 2.05) is 23.1 Å². The van der Waals surface area contributed by atoms with Crippen molar-refractivity contribution in [2.75, 3.05) is 26.2 Å². The first-order chi connectivity index (χ1) is 7.88. The topological polar surface area (TPSA) is 33.1 Å². The van der Waals surface area contributed by atoms with E-state index in [1.165, 1.54) is 25.9 Å². The van der Waals surface area contributed by atoms with Gasteiger partial charge in [0.2, 0.25) is 0 Å². The van der Waals surface area contributed by atoms with Crippen molar-refractivity contribution < 1.29 is 0 Å². The molecule has 1 saturated heterocycles. The Morgan fingerprint density at radius 3 is 3.12 bits per heavy atom. The lowest BCUT2D eigenvalue weighted by Gasteiger charge is -2.33. The number of nitrogens with one attached hydrogen (secondary N) is 1. The third-order valence-electron chi connectivity index (χ3n) is 3.18. The van der Waals surface area contributed by atoms with Gasteiger partial charge in [0.1, 0.15) is 0 Å².